The van der Waals surface area contributed by atoms with Gasteiger partial charge in [-0.3, -0.25) is 0 Å². The molecule has 2 aliphatic heterocycles. The molecule has 96 valence electrons. The molecule has 0 aromatic carbocycles. The van der Waals surface area contributed by atoms with E-state index in [9.17, 15) is 0 Å². The largest absolute Gasteiger partial charge is 0.358 e. The summed E-state index contributed by atoms with van der Waals surface area (Å²) in [5.41, 5.74) is 5.97. The molecule has 2 N–H and O–H groups in total. The lowest BCUT2D eigenvalue weighted by Crippen LogP contribution is -2.38. The van der Waals surface area contributed by atoms with E-state index in [0.717, 1.165) is 19.5 Å². The molecular weight excluding hydrogens is 212 g/mol. The highest BCUT2D eigenvalue weighted by atomic mass is 15.3. The molecule has 3 atom stereocenters. The number of hydrogen-bond donors (Lipinski definition) is 1. The summed E-state index contributed by atoms with van der Waals surface area (Å²) in [4.78, 5) is 9.25. The fraction of sp³-hybridized carbons (Fsp3) is 0.769. The molecule has 0 spiro atoms. The molecule has 17 heavy (non-hydrogen) atoms. The first-order valence-corrected chi connectivity index (χ1v) is 6.48. The first kappa shape index (κ1) is 12.6. The average Bonchev–Trinajstić information content (AvgIpc) is 2.78. The van der Waals surface area contributed by atoms with Gasteiger partial charge in [0.05, 0.1) is 0 Å². The lowest BCUT2D eigenvalue weighted by Gasteiger charge is -2.28. The van der Waals surface area contributed by atoms with Crippen LogP contribution in [0.2, 0.25) is 0 Å². The lowest BCUT2D eigenvalue weighted by atomic mass is 9.96. The molecule has 2 aliphatic rings. The van der Waals surface area contributed by atoms with Gasteiger partial charge < -0.3 is 15.5 Å². The standard InChI is InChI=1S/C13H24N4/c1-10(14)11-4-6-15-13(8-11)17-7-5-12(9-17)16(2)3/h4,6,10-12H,5,7-9,14H2,1-3H3. The Bertz CT molecular complexity index is 319. The van der Waals surface area contributed by atoms with Crippen LogP contribution in [0.4, 0.5) is 0 Å². The molecule has 2 rings (SSSR count). The zero-order valence-electron chi connectivity index (χ0n) is 11.1. The number of aliphatic imine (C=N–C) groups is 1. The predicted octanol–water partition coefficient (Wildman–Crippen LogP) is 0.902. The van der Waals surface area contributed by atoms with Crippen molar-refractivity contribution in [2.24, 2.45) is 16.6 Å². The maximum atomic E-state index is 5.97. The Morgan fingerprint density at radius 2 is 2.29 bits per heavy atom. The number of nitrogens with two attached hydrogens (primary N) is 1. The molecule has 1 saturated heterocycles. The molecule has 0 bridgehead atoms. The van der Waals surface area contributed by atoms with E-state index in [1.165, 1.54) is 12.3 Å². The minimum atomic E-state index is 0.212. The topological polar surface area (TPSA) is 44.9 Å². The Hall–Kier alpha value is -0.870. The molecule has 4 heteroatoms. The highest BCUT2D eigenvalue weighted by Crippen LogP contribution is 2.21. The molecule has 1 fully saturated rings. The summed E-state index contributed by atoms with van der Waals surface area (Å²) in [6.07, 6.45) is 6.29. The second-order valence-corrected chi connectivity index (χ2v) is 5.47. The summed E-state index contributed by atoms with van der Waals surface area (Å²) < 4.78 is 0. The maximum Gasteiger partial charge on any atom is 0.105 e. The van der Waals surface area contributed by atoms with E-state index in [-0.39, 0.29) is 6.04 Å². The van der Waals surface area contributed by atoms with Crippen molar-refractivity contribution in [3.63, 3.8) is 0 Å². The molecule has 0 saturated carbocycles. The summed E-state index contributed by atoms with van der Waals surface area (Å²) in [5.74, 6) is 1.67. The van der Waals surface area contributed by atoms with Crippen LogP contribution >= 0.6 is 0 Å². The number of amidine groups is 1. The van der Waals surface area contributed by atoms with Crippen LogP contribution in [-0.4, -0.2) is 54.9 Å². The van der Waals surface area contributed by atoms with Gasteiger partial charge in [-0.1, -0.05) is 6.08 Å². The first-order valence-electron chi connectivity index (χ1n) is 6.48. The van der Waals surface area contributed by atoms with Gasteiger partial charge >= 0.3 is 0 Å². The van der Waals surface area contributed by atoms with E-state index < -0.39 is 0 Å². The molecule has 0 aliphatic carbocycles. The number of rotatable bonds is 2. The number of likely N-dealkylation sites (tertiary alicyclic amines) is 1. The normalized spacial score (nSPS) is 30.9. The highest BCUT2D eigenvalue weighted by molar-refractivity contribution is 5.84. The molecule has 0 amide bonds. The van der Waals surface area contributed by atoms with Crippen molar-refractivity contribution in [1.29, 1.82) is 0 Å². The summed E-state index contributed by atoms with van der Waals surface area (Å²) in [7, 11) is 4.31. The van der Waals surface area contributed by atoms with E-state index in [1.54, 1.807) is 0 Å². The van der Waals surface area contributed by atoms with Crippen LogP contribution in [0.25, 0.3) is 0 Å². The highest BCUT2D eigenvalue weighted by Gasteiger charge is 2.28. The average molecular weight is 236 g/mol. The molecule has 2 heterocycles. The van der Waals surface area contributed by atoms with Crippen molar-refractivity contribution in [2.45, 2.75) is 31.8 Å². The SMILES string of the molecule is CC(N)C1C=CN=C(N2CCC(N(C)C)C2)C1. The fourth-order valence-corrected chi connectivity index (χ4v) is 2.54. The third-order valence-corrected chi connectivity index (χ3v) is 3.91. The Balaban J connectivity index is 1.96. The van der Waals surface area contributed by atoms with E-state index in [1.807, 2.05) is 6.20 Å². The van der Waals surface area contributed by atoms with Crippen LogP contribution in [0.1, 0.15) is 19.8 Å². The summed E-state index contributed by atoms with van der Waals surface area (Å²) in [5, 5.41) is 0. The van der Waals surface area contributed by atoms with E-state index in [4.69, 9.17) is 5.73 Å². The third-order valence-electron chi connectivity index (χ3n) is 3.91. The Morgan fingerprint density at radius 1 is 1.53 bits per heavy atom. The maximum absolute atomic E-state index is 5.97. The number of hydrogen-bond acceptors (Lipinski definition) is 4. The van der Waals surface area contributed by atoms with Crippen LogP contribution < -0.4 is 5.73 Å². The molecule has 4 nitrogen and oxygen atoms in total. The second kappa shape index (κ2) is 5.19. The summed E-state index contributed by atoms with van der Waals surface area (Å²) in [6, 6.07) is 0.876. The van der Waals surface area contributed by atoms with Crippen molar-refractivity contribution in [1.82, 2.24) is 9.80 Å². The molecule has 0 aromatic rings. The second-order valence-electron chi connectivity index (χ2n) is 5.47. The third kappa shape index (κ3) is 2.87. The Morgan fingerprint density at radius 3 is 2.88 bits per heavy atom. The minimum absolute atomic E-state index is 0.212. The molecule has 0 radical (unpaired) electrons. The van der Waals surface area contributed by atoms with Crippen LogP contribution in [0, 0.1) is 5.92 Å². The first-order chi connectivity index (χ1) is 8.08. The lowest BCUT2D eigenvalue weighted by molar-refractivity contribution is 0.299. The molecular formula is C13H24N4. The van der Waals surface area contributed by atoms with Gasteiger partial charge in [0.15, 0.2) is 0 Å². The summed E-state index contributed by atoms with van der Waals surface area (Å²) in [6.45, 7) is 4.30. The van der Waals surface area contributed by atoms with Gasteiger partial charge in [0, 0.05) is 43.7 Å². The van der Waals surface area contributed by atoms with Crippen molar-refractivity contribution < 1.29 is 0 Å². The predicted molar refractivity (Wildman–Crippen MR) is 72.0 cm³/mol. The van der Waals surface area contributed by atoms with Gasteiger partial charge in [0.1, 0.15) is 5.84 Å². The van der Waals surface area contributed by atoms with Crippen molar-refractivity contribution in [2.75, 3.05) is 27.2 Å². The Kier molecular flexibility index (Phi) is 3.84. The van der Waals surface area contributed by atoms with E-state index in [0.29, 0.717) is 12.0 Å². The number of likely N-dealkylation sites (N-methyl/N-ethyl adjacent to an activating group) is 1. The smallest absolute Gasteiger partial charge is 0.105 e. The zero-order chi connectivity index (χ0) is 12.4. The molecule has 3 unspecified atom stereocenters. The van der Waals surface area contributed by atoms with Gasteiger partial charge in [-0.2, -0.15) is 0 Å². The monoisotopic (exact) mass is 236 g/mol. The van der Waals surface area contributed by atoms with Gasteiger partial charge in [-0.25, -0.2) is 4.99 Å². The van der Waals surface area contributed by atoms with Crippen molar-refractivity contribution >= 4 is 5.84 Å². The summed E-state index contributed by atoms with van der Waals surface area (Å²) >= 11 is 0. The van der Waals surface area contributed by atoms with Crippen molar-refractivity contribution in [3.8, 4) is 0 Å². The fourth-order valence-electron chi connectivity index (χ4n) is 2.54. The van der Waals surface area contributed by atoms with Crippen LogP contribution in [-0.2, 0) is 0 Å². The van der Waals surface area contributed by atoms with Crippen LogP contribution in [0.3, 0.4) is 0 Å². The van der Waals surface area contributed by atoms with E-state index in [2.05, 4.69) is 41.9 Å². The quantitative estimate of drug-likeness (QED) is 0.775. The van der Waals surface area contributed by atoms with Gasteiger partial charge in [-0.15, -0.1) is 0 Å². The van der Waals surface area contributed by atoms with E-state index >= 15 is 0 Å². The minimum Gasteiger partial charge on any atom is -0.358 e. The van der Waals surface area contributed by atoms with Crippen LogP contribution in [0.5, 0.6) is 0 Å². The van der Waals surface area contributed by atoms with Gasteiger partial charge in [0.25, 0.3) is 0 Å². The van der Waals surface area contributed by atoms with Gasteiger partial charge in [0.2, 0.25) is 0 Å². The molecule has 0 aromatic heterocycles. The zero-order valence-corrected chi connectivity index (χ0v) is 11.1. The Labute approximate surface area is 104 Å². The van der Waals surface area contributed by atoms with Crippen LogP contribution in [0.15, 0.2) is 17.3 Å². The number of nitrogens with zero attached hydrogens (tertiary/aromatic N) is 3. The van der Waals surface area contributed by atoms with Crippen molar-refractivity contribution in [3.05, 3.63) is 12.3 Å². The van der Waals surface area contributed by atoms with Gasteiger partial charge in [-0.05, 0) is 27.4 Å².